The molecule has 0 unspecified atom stereocenters. The van der Waals surface area contributed by atoms with E-state index in [0.29, 0.717) is 48.0 Å². The molecule has 0 spiro atoms. The van der Waals surface area contributed by atoms with Crippen LogP contribution >= 0.6 is 11.6 Å². The van der Waals surface area contributed by atoms with E-state index < -0.39 is 18.0 Å². The molecular weight excluding hydrogens is 494 g/mol. The number of aromatic nitrogens is 1. The lowest BCUT2D eigenvalue weighted by Crippen LogP contribution is -2.49. The van der Waals surface area contributed by atoms with Gasteiger partial charge >= 0.3 is 0 Å². The highest BCUT2D eigenvalue weighted by molar-refractivity contribution is 6.30. The van der Waals surface area contributed by atoms with E-state index in [4.69, 9.17) is 16.3 Å². The van der Waals surface area contributed by atoms with E-state index in [1.54, 1.807) is 31.4 Å². The second kappa shape index (κ2) is 10.1. The van der Waals surface area contributed by atoms with Crippen LogP contribution in [0.15, 0.2) is 42.5 Å². The molecule has 3 atom stereocenters. The molecule has 2 aliphatic rings. The van der Waals surface area contributed by atoms with Gasteiger partial charge in [0.15, 0.2) is 0 Å². The molecule has 37 heavy (non-hydrogen) atoms. The first kappa shape index (κ1) is 24.7. The van der Waals surface area contributed by atoms with Crippen molar-refractivity contribution in [3.05, 3.63) is 64.3 Å². The Morgan fingerprint density at radius 1 is 1.30 bits per heavy atom. The summed E-state index contributed by atoms with van der Waals surface area (Å²) >= 11 is 6.21. The summed E-state index contributed by atoms with van der Waals surface area (Å²) in [7, 11) is 1.57. The number of carbonyl (C=O) groups excluding carboxylic acids is 3. The average Bonchev–Trinajstić information content (AvgIpc) is 3.52. The highest BCUT2D eigenvalue weighted by Crippen LogP contribution is 2.34. The first-order valence-corrected chi connectivity index (χ1v) is 12.5. The van der Waals surface area contributed by atoms with Crippen LogP contribution in [0.2, 0.25) is 5.02 Å². The van der Waals surface area contributed by atoms with E-state index in [0.717, 1.165) is 16.5 Å². The molecule has 0 aliphatic carbocycles. The molecule has 3 heterocycles. The minimum atomic E-state index is -0.963. The Kier molecular flexibility index (Phi) is 6.76. The third-order valence-electron chi connectivity index (χ3n) is 7.07. The predicted molar refractivity (Wildman–Crippen MR) is 137 cm³/mol. The standard InChI is InChI=1S/C27H26ClN5O4/c1-37-23-4-2-3-21-20(23)13-22(32-21)27(36)33-10-8-15-11-17(28)5-6-19(15)24(33)26(35)31-18(14-29)12-16-7-9-30-25(16)34/h2-6,11,13,16,18,24,32H,7-10,12H2,1H3,(H,30,34)(H,31,35)/t16-,18-,24+/m0/s1. The number of ether oxygens (including phenoxy) is 1. The van der Waals surface area contributed by atoms with Crippen molar-refractivity contribution in [1.82, 2.24) is 20.5 Å². The maximum atomic E-state index is 13.8. The van der Waals surface area contributed by atoms with E-state index in [2.05, 4.69) is 21.7 Å². The quantitative estimate of drug-likeness (QED) is 0.461. The average molecular weight is 520 g/mol. The zero-order valence-corrected chi connectivity index (χ0v) is 21.0. The van der Waals surface area contributed by atoms with Crippen molar-refractivity contribution in [2.75, 3.05) is 20.2 Å². The summed E-state index contributed by atoms with van der Waals surface area (Å²) in [5.41, 5.74) is 2.60. The number of methoxy groups -OCH3 is 1. The summed E-state index contributed by atoms with van der Waals surface area (Å²) in [5.74, 6) is -0.633. The topological polar surface area (TPSA) is 127 Å². The number of rotatable bonds is 6. The molecular formula is C27H26ClN5O4. The van der Waals surface area contributed by atoms with E-state index >= 15 is 0 Å². The second-order valence-corrected chi connectivity index (χ2v) is 9.74. The van der Waals surface area contributed by atoms with Gasteiger partial charge in [-0.25, -0.2) is 0 Å². The van der Waals surface area contributed by atoms with Gasteiger partial charge in [-0.1, -0.05) is 23.7 Å². The maximum Gasteiger partial charge on any atom is 0.271 e. The van der Waals surface area contributed by atoms with Crippen molar-refractivity contribution in [3.8, 4) is 11.8 Å². The third-order valence-corrected chi connectivity index (χ3v) is 7.31. The number of nitriles is 1. The van der Waals surface area contributed by atoms with Crippen LogP contribution in [0.5, 0.6) is 5.75 Å². The summed E-state index contributed by atoms with van der Waals surface area (Å²) in [4.78, 5) is 44.1. The summed E-state index contributed by atoms with van der Waals surface area (Å²) < 4.78 is 5.42. The van der Waals surface area contributed by atoms with Gasteiger partial charge in [-0.3, -0.25) is 14.4 Å². The highest BCUT2D eigenvalue weighted by atomic mass is 35.5. The van der Waals surface area contributed by atoms with Crippen molar-refractivity contribution in [2.45, 2.75) is 31.3 Å². The van der Waals surface area contributed by atoms with Crippen LogP contribution in [0.3, 0.4) is 0 Å². The van der Waals surface area contributed by atoms with Gasteiger partial charge < -0.3 is 25.3 Å². The summed E-state index contributed by atoms with van der Waals surface area (Å²) in [6.07, 6.45) is 1.36. The van der Waals surface area contributed by atoms with Gasteiger partial charge in [0.05, 0.1) is 13.2 Å². The Balaban J connectivity index is 1.46. The lowest BCUT2D eigenvalue weighted by Gasteiger charge is -2.36. The van der Waals surface area contributed by atoms with Crippen molar-refractivity contribution in [3.63, 3.8) is 0 Å². The van der Waals surface area contributed by atoms with Crippen LogP contribution in [-0.2, 0) is 16.0 Å². The lowest BCUT2D eigenvalue weighted by molar-refractivity contribution is -0.127. The van der Waals surface area contributed by atoms with Crippen LogP contribution in [0.1, 0.15) is 40.5 Å². The fourth-order valence-electron chi connectivity index (χ4n) is 5.22. The molecule has 10 heteroatoms. The molecule has 1 saturated heterocycles. The molecule has 2 aromatic carbocycles. The minimum Gasteiger partial charge on any atom is -0.496 e. The number of fused-ring (bicyclic) bond motifs is 2. The van der Waals surface area contributed by atoms with Crippen LogP contribution < -0.4 is 15.4 Å². The van der Waals surface area contributed by atoms with Crippen LogP contribution in [0.4, 0.5) is 0 Å². The number of amides is 3. The molecule has 3 aromatic rings. The maximum absolute atomic E-state index is 13.8. The molecule has 0 saturated carbocycles. The van der Waals surface area contributed by atoms with Gasteiger partial charge in [0.25, 0.3) is 5.91 Å². The molecule has 9 nitrogen and oxygen atoms in total. The Morgan fingerprint density at radius 2 is 2.14 bits per heavy atom. The van der Waals surface area contributed by atoms with E-state index in [1.807, 2.05) is 18.2 Å². The van der Waals surface area contributed by atoms with Gasteiger partial charge in [0.2, 0.25) is 11.8 Å². The van der Waals surface area contributed by atoms with E-state index in [-0.39, 0.29) is 24.2 Å². The zero-order valence-electron chi connectivity index (χ0n) is 20.2. The number of aromatic amines is 1. The largest absolute Gasteiger partial charge is 0.496 e. The van der Waals surface area contributed by atoms with Crippen LogP contribution in [0, 0.1) is 17.2 Å². The number of halogens is 1. The van der Waals surface area contributed by atoms with Gasteiger partial charge in [0, 0.05) is 34.9 Å². The third kappa shape index (κ3) is 4.72. The number of carbonyl (C=O) groups is 3. The number of H-pyrrole nitrogens is 1. The van der Waals surface area contributed by atoms with Gasteiger partial charge in [-0.05, 0) is 60.7 Å². The van der Waals surface area contributed by atoms with Crippen molar-refractivity contribution in [2.24, 2.45) is 5.92 Å². The van der Waals surface area contributed by atoms with E-state index in [9.17, 15) is 19.6 Å². The smallest absolute Gasteiger partial charge is 0.271 e. The minimum absolute atomic E-state index is 0.113. The molecule has 0 radical (unpaired) electrons. The van der Waals surface area contributed by atoms with Gasteiger partial charge in [-0.15, -0.1) is 0 Å². The molecule has 2 aliphatic heterocycles. The van der Waals surface area contributed by atoms with Crippen molar-refractivity contribution >= 4 is 40.2 Å². The summed E-state index contributed by atoms with van der Waals surface area (Å²) in [6.45, 7) is 0.850. The summed E-state index contributed by atoms with van der Waals surface area (Å²) in [6, 6.07) is 12.7. The number of nitrogens with one attached hydrogen (secondary N) is 3. The van der Waals surface area contributed by atoms with Crippen molar-refractivity contribution in [1.29, 1.82) is 5.26 Å². The first-order valence-electron chi connectivity index (χ1n) is 12.1. The fraction of sp³-hybridized carbons (Fsp3) is 0.333. The second-order valence-electron chi connectivity index (χ2n) is 9.30. The Morgan fingerprint density at radius 3 is 2.86 bits per heavy atom. The molecule has 0 bridgehead atoms. The molecule has 190 valence electrons. The van der Waals surface area contributed by atoms with Gasteiger partial charge in [-0.2, -0.15) is 5.26 Å². The number of nitrogens with zero attached hydrogens (tertiary/aromatic N) is 2. The highest BCUT2D eigenvalue weighted by Gasteiger charge is 2.38. The molecule has 3 amide bonds. The van der Waals surface area contributed by atoms with E-state index in [1.165, 1.54) is 4.90 Å². The lowest BCUT2D eigenvalue weighted by atomic mass is 9.91. The zero-order chi connectivity index (χ0) is 26.1. The Hall–Kier alpha value is -4.03. The molecule has 3 N–H and O–H groups in total. The predicted octanol–water partition coefficient (Wildman–Crippen LogP) is 3.10. The fourth-order valence-corrected chi connectivity index (χ4v) is 5.42. The van der Waals surface area contributed by atoms with Gasteiger partial charge in [0.1, 0.15) is 23.5 Å². The normalized spacial score (nSPS) is 19.6. The Labute approximate surface area is 218 Å². The number of benzene rings is 2. The summed E-state index contributed by atoms with van der Waals surface area (Å²) in [5, 5.41) is 16.6. The molecule has 1 aromatic heterocycles. The molecule has 5 rings (SSSR count). The SMILES string of the molecule is COc1cccc2[nH]c(C(=O)N3CCc4cc(Cl)ccc4[C@@H]3C(=O)N[C@H](C#N)C[C@@H]3CCNC3=O)cc12. The van der Waals surface area contributed by atoms with Crippen LogP contribution in [0.25, 0.3) is 10.9 Å². The molecule has 1 fully saturated rings. The van der Waals surface area contributed by atoms with Crippen LogP contribution in [-0.4, -0.2) is 53.8 Å². The number of hydrogen-bond donors (Lipinski definition) is 3. The first-order chi connectivity index (χ1) is 17.9. The Bertz CT molecular complexity index is 1430. The van der Waals surface area contributed by atoms with Crippen molar-refractivity contribution < 1.29 is 19.1 Å². The number of hydrogen-bond acceptors (Lipinski definition) is 5. The monoisotopic (exact) mass is 519 g/mol.